The lowest BCUT2D eigenvalue weighted by molar-refractivity contribution is 0.318. The summed E-state index contributed by atoms with van der Waals surface area (Å²) in [4.78, 5) is 0. The van der Waals surface area contributed by atoms with E-state index in [9.17, 15) is 0 Å². The maximum Gasteiger partial charge on any atom is 0.127 e. The van der Waals surface area contributed by atoms with Crippen molar-refractivity contribution < 1.29 is 9.47 Å². The van der Waals surface area contributed by atoms with Crippen molar-refractivity contribution in [1.29, 1.82) is 0 Å². The van der Waals surface area contributed by atoms with Gasteiger partial charge >= 0.3 is 0 Å². The standard InChI is InChI=1S/C14H21NO2/c1-3-16-11-7-8-12(13(9-11)17-4-2)14(15)10-5-6-10/h7-10,14H,3-6,15H2,1-2H3. The Bertz CT molecular complexity index is 374. The quantitative estimate of drug-likeness (QED) is 0.824. The lowest BCUT2D eigenvalue weighted by atomic mass is 10.0. The van der Waals surface area contributed by atoms with Crippen LogP contribution in [0.3, 0.4) is 0 Å². The first kappa shape index (κ1) is 12.2. The van der Waals surface area contributed by atoms with Gasteiger partial charge in [0.15, 0.2) is 0 Å². The van der Waals surface area contributed by atoms with Gasteiger partial charge in [-0.15, -0.1) is 0 Å². The molecule has 17 heavy (non-hydrogen) atoms. The summed E-state index contributed by atoms with van der Waals surface area (Å²) in [7, 11) is 0. The van der Waals surface area contributed by atoms with Crippen molar-refractivity contribution in [3.8, 4) is 11.5 Å². The predicted octanol–water partition coefficient (Wildman–Crippen LogP) is 2.89. The van der Waals surface area contributed by atoms with E-state index in [2.05, 4.69) is 0 Å². The summed E-state index contributed by atoms with van der Waals surface area (Å²) in [6.07, 6.45) is 2.47. The molecule has 1 aliphatic rings. The molecule has 1 saturated carbocycles. The van der Waals surface area contributed by atoms with Crippen LogP contribution in [0.25, 0.3) is 0 Å². The highest BCUT2D eigenvalue weighted by atomic mass is 16.5. The normalized spacial score (nSPS) is 16.6. The molecule has 0 spiro atoms. The van der Waals surface area contributed by atoms with E-state index in [0.29, 0.717) is 19.1 Å². The molecule has 0 aliphatic heterocycles. The average Bonchev–Trinajstić information content (AvgIpc) is 3.13. The first-order valence-electron chi connectivity index (χ1n) is 6.41. The fourth-order valence-corrected chi connectivity index (χ4v) is 2.04. The predicted molar refractivity (Wildman–Crippen MR) is 68.4 cm³/mol. The second kappa shape index (κ2) is 5.41. The summed E-state index contributed by atoms with van der Waals surface area (Å²) >= 11 is 0. The molecule has 3 nitrogen and oxygen atoms in total. The van der Waals surface area contributed by atoms with Crippen molar-refractivity contribution in [2.75, 3.05) is 13.2 Å². The van der Waals surface area contributed by atoms with Crippen LogP contribution in [0.2, 0.25) is 0 Å². The summed E-state index contributed by atoms with van der Waals surface area (Å²) in [5.74, 6) is 2.35. The Morgan fingerprint density at radius 2 is 1.94 bits per heavy atom. The zero-order valence-corrected chi connectivity index (χ0v) is 10.6. The number of hydrogen-bond acceptors (Lipinski definition) is 3. The summed E-state index contributed by atoms with van der Waals surface area (Å²) < 4.78 is 11.1. The molecule has 0 bridgehead atoms. The lowest BCUT2D eigenvalue weighted by Gasteiger charge is -2.17. The molecule has 1 atom stereocenters. The Morgan fingerprint density at radius 1 is 1.24 bits per heavy atom. The van der Waals surface area contributed by atoms with Gasteiger partial charge in [-0.05, 0) is 38.7 Å². The van der Waals surface area contributed by atoms with Crippen LogP contribution in [0, 0.1) is 5.92 Å². The van der Waals surface area contributed by atoms with Gasteiger partial charge in [0.1, 0.15) is 11.5 Å². The van der Waals surface area contributed by atoms with Gasteiger partial charge in [0, 0.05) is 17.7 Å². The zero-order valence-electron chi connectivity index (χ0n) is 10.6. The lowest BCUT2D eigenvalue weighted by Crippen LogP contribution is -2.14. The minimum absolute atomic E-state index is 0.104. The Kier molecular flexibility index (Phi) is 3.89. The third-order valence-electron chi connectivity index (χ3n) is 3.08. The number of rotatable bonds is 6. The molecule has 1 aromatic carbocycles. The van der Waals surface area contributed by atoms with E-state index in [4.69, 9.17) is 15.2 Å². The minimum atomic E-state index is 0.104. The summed E-state index contributed by atoms with van der Waals surface area (Å²) in [6, 6.07) is 6.07. The van der Waals surface area contributed by atoms with Crippen molar-refractivity contribution in [1.82, 2.24) is 0 Å². The second-order valence-electron chi connectivity index (χ2n) is 4.43. The first-order valence-corrected chi connectivity index (χ1v) is 6.41. The van der Waals surface area contributed by atoms with Gasteiger partial charge in [-0.25, -0.2) is 0 Å². The molecule has 0 amide bonds. The molecule has 0 saturated heterocycles. The van der Waals surface area contributed by atoms with Crippen LogP contribution in [0.15, 0.2) is 18.2 Å². The molecule has 0 aromatic heterocycles. The van der Waals surface area contributed by atoms with Gasteiger partial charge in [0.05, 0.1) is 13.2 Å². The minimum Gasteiger partial charge on any atom is -0.494 e. The first-order chi connectivity index (χ1) is 8.26. The van der Waals surface area contributed by atoms with Gasteiger partial charge in [0.2, 0.25) is 0 Å². The maximum absolute atomic E-state index is 6.23. The Labute approximate surface area is 103 Å². The molecule has 1 aromatic rings. The SMILES string of the molecule is CCOc1ccc(C(N)C2CC2)c(OCC)c1. The molecule has 1 unspecified atom stereocenters. The Hall–Kier alpha value is -1.22. The zero-order chi connectivity index (χ0) is 12.3. The molecular formula is C14H21NO2. The highest BCUT2D eigenvalue weighted by Gasteiger charge is 2.31. The van der Waals surface area contributed by atoms with Crippen LogP contribution in [0.5, 0.6) is 11.5 Å². The number of benzene rings is 1. The van der Waals surface area contributed by atoms with Crippen molar-refractivity contribution >= 4 is 0 Å². The van der Waals surface area contributed by atoms with Crippen molar-refractivity contribution in [2.45, 2.75) is 32.7 Å². The van der Waals surface area contributed by atoms with Crippen molar-refractivity contribution in [2.24, 2.45) is 11.7 Å². The Morgan fingerprint density at radius 3 is 2.53 bits per heavy atom. The molecule has 94 valence electrons. The molecule has 1 fully saturated rings. The van der Waals surface area contributed by atoms with Crippen LogP contribution in [-0.4, -0.2) is 13.2 Å². The van der Waals surface area contributed by atoms with E-state index in [-0.39, 0.29) is 6.04 Å². The second-order valence-corrected chi connectivity index (χ2v) is 4.43. The molecule has 3 heteroatoms. The van der Waals surface area contributed by atoms with Crippen LogP contribution >= 0.6 is 0 Å². The van der Waals surface area contributed by atoms with E-state index < -0.39 is 0 Å². The van der Waals surface area contributed by atoms with Gasteiger partial charge < -0.3 is 15.2 Å². The van der Waals surface area contributed by atoms with Gasteiger partial charge in [-0.1, -0.05) is 6.07 Å². The molecular weight excluding hydrogens is 214 g/mol. The van der Waals surface area contributed by atoms with Gasteiger partial charge in [-0.3, -0.25) is 0 Å². The molecule has 1 aliphatic carbocycles. The maximum atomic E-state index is 6.23. The Balaban J connectivity index is 2.23. The monoisotopic (exact) mass is 235 g/mol. The number of ether oxygens (including phenoxy) is 2. The van der Waals surface area contributed by atoms with Crippen molar-refractivity contribution in [3.05, 3.63) is 23.8 Å². The third-order valence-corrected chi connectivity index (χ3v) is 3.08. The number of hydrogen-bond donors (Lipinski definition) is 1. The summed E-state index contributed by atoms with van der Waals surface area (Å²) in [5, 5.41) is 0. The highest BCUT2D eigenvalue weighted by molar-refractivity contribution is 5.43. The molecule has 2 rings (SSSR count). The van der Waals surface area contributed by atoms with Gasteiger partial charge in [0.25, 0.3) is 0 Å². The van der Waals surface area contributed by atoms with E-state index in [0.717, 1.165) is 17.1 Å². The third kappa shape index (κ3) is 2.91. The largest absolute Gasteiger partial charge is 0.494 e. The van der Waals surface area contributed by atoms with E-state index >= 15 is 0 Å². The average molecular weight is 235 g/mol. The van der Waals surface area contributed by atoms with Crippen LogP contribution in [0.4, 0.5) is 0 Å². The molecule has 0 heterocycles. The van der Waals surface area contributed by atoms with Gasteiger partial charge in [-0.2, -0.15) is 0 Å². The molecule has 0 radical (unpaired) electrons. The highest BCUT2D eigenvalue weighted by Crippen LogP contribution is 2.42. The van der Waals surface area contributed by atoms with E-state index in [1.165, 1.54) is 12.8 Å². The van der Waals surface area contributed by atoms with Crippen molar-refractivity contribution in [3.63, 3.8) is 0 Å². The fourth-order valence-electron chi connectivity index (χ4n) is 2.04. The topological polar surface area (TPSA) is 44.5 Å². The van der Waals surface area contributed by atoms with E-state index in [1.54, 1.807) is 0 Å². The number of nitrogens with two attached hydrogens (primary N) is 1. The molecule has 2 N–H and O–H groups in total. The summed E-state index contributed by atoms with van der Waals surface area (Å²) in [5.41, 5.74) is 7.34. The fraction of sp³-hybridized carbons (Fsp3) is 0.571. The van der Waals surface area contributed by atoms with Crippen LogP contribution in [-0.2, 0) is 0 Å². The van der Waals surface area contributed by atoms with E-state index in [1.807, 2.05) is 32.0 Å². The van der Waals surface area contributed by atoms with Crippen LogP contribution in [0.1, 0.15) is 38.3 Å². The van der Waals surface area contributed by atoms with Crippen LogP contribution < -0.4 is 15.2 Å². The smallest absolute Gasteiger partial charge is 0.127 e. The summed E-state index contributed by atoms with van der Waals surface area (Å²) in [6.45, 7) is 5.28.